The Morgan fingerprint density at radius 2 is 2.14 bits per heavy atom. The zero-order valence-electron chi connectivity index (χ0n) is 11.9. The number of carbonyl (C=O) groups excluding carboxylic acids is 1. The van der Waals surface area contributed by atoms with E-state index in [9.17, 15) is 4.79 Å². The number of benzene rings is 1. The maximum Gasteiger partial charge on any atom is 0.253 e. The molecule has 0 saturated carbocycles. The molecule has 0 atom stereocenters. The molecular weight excluding hydrogens is 268 g/mol. The molecule has 0 aliphatic carbocycles. The van der Waals surface area contributed by atoms with E-state index in [1.54, 1.807) is 0 Å². The average molecular weight is 288 g/mol. The van der Waals surface area contributed by atoms with Gasteiger partial charge in [0.1, 0.15) is 0 Å². The third kappa shape index (κ3) is 3.09. The van der Waals surface area contributed by atoms with Gasteiger partial charge in [0.05, 0.1) is 19.3 Å². The number of ether oxygens (including phenoxy) is 1. The molecule has 1 amide bonds. The summed E-state index contributed by atoms with van der Waals surface area (Å²) in [4.78, 5) is 17.5. The molecule has 0 bridgehead atoms. The minimum atomic E-state index is 0.0509. The first-order valence-corrected chi connectivity index (χ1v) is 7.37. The predicted octanol–water partition coefficient (Wildman–Crippen LogP) is 1.78. The summed E-state index contributed by atoms with van der Waals surface area (Å²) in [5.74, 6) is 0.0760. The van der Waals surface area contributed by atoms with Gasteiger partial charge in [-0.25, -0.2) is 0 Å². The van der Waals surface area contributed by atoms with E-state index < -0.39 is 0 Å². The highest BCUT2D eigenvalue weighted by Crippen LogP contribution is 2.19. The molecular formula is C16H20N2O3. The lowest BCUT2D eigenvalue weighted by Gasteiger charge is -2.32. The Kier molecular flexibility index (Phi) is 4.22. The van der Waals surface area contributed by atoms with Crippen LogP contribution < -0.4 is 0 Å². The van der Waals surface area contributed by atoms with Gasteiger partial charge in [0, 0.05) is 30.4 Å². The van der Waals surface area contributed by atoms with E-state index in [4.69, 9.17) is 9.84 Å². The molecule has 5 heteroatoms. The summed E-state index contributed by atoms with van der Waals surface area (Å²) in [7, 11) is 0. The first-order valence-electron chi connectivity index (χ1n) is 7.37. The van der Waals surface area contributed by atoms with Gasteiger partial charge in [-0.3, -0.25) is 4.79 Å². The number of amides is 1. The van der Waals surface area contributed by atoms with E-state index in [0.29, 0.717) is 19.7 Å². The van der Waals surface area contributed by atoms with Crippen LogP contribution in [0.2, 0.25) is 0 Å². The lowest BCUT2D eigenvalue weighted by atomic mass is 10.1. The van der Waals surface area contributed by atoms with E-state index in [2.05, 4.69) is 4.98 Å². The highest BCUT2D eigenvalue weighted by Gasteiger charge is 2.24. The summed E-state index contributed by atoms with van der Waals surface area (Å²) in [6, 6.07) is 7.75. The van der Waals surface area contributed by atoms with Gasteiger partial charge in [-0.2, -0.15) is 0 Å². The zero-order valence-corrected chi connectivity index (χ0v) is 11.9. The number of nitrogens with zero attached hydrogens (tertiary/aromatic N) is 1. The van der Waals surface area contributed by atoms with Gasteiger partial charge in [-0.1, -0.05) is 6.07 Å². The van der Waals surface area contributed by atoms with E-state index >= 15 is 0 Å². The Bertz CT molecular complexity index is 615. The molecule has 2 N–H and O–H groups in total. The van der Waals surface area contributed by atoms with Gasteiger partial charge in [0.2, 0.25) is 0 Å². The fraction of sp³-hybridized carbons (Fsp3) is 0.438. The first-order chi connectivity index (χ1) is 10.3. The lowest BCUT2D eigenvalue weighted by molar-refractivity contribution is -0.00553. The Morgan fingerprint density at radius 3 is 2.90 bits per heavy atom. The number of H-pyrrole nitrogens is 1. The normalized spacial score (nSPS) is 16.5. The first kappa shape index (κ1) is 14.1. The molecule has 0 radical (unpaired) electrons. The minimum Gasteiger partial charge on any atom is -0.394 e. The van der Waals surface area contributed by atoms with Crippen LogP contribution in [-0.2, 0) is 4.74 Å². The maximum absolute atomic E-state index is 12.5. The van der Waals surface area contributed by atoms with E-state index in [1.165, 1.54) is 0 Å². The number of hydrogen-bond acceptors (Lipinski definition) is 3. The third-order valence-corrected chi connectivity index (χ3v) is 3.98. The van der Waals surface area contributed by atoms with Gasteiger partial charge in [0.25, 0.3) is 5.91 Å². The number of likely N-dealkylation sites (tertiary alicyclic amines) is 1. The SMILES string of the molecule is O=C(c1ccc2cc[nH]c2c1)N1CCC(OCCO)CC1. The van der Waals surface area contributed by atoms with Gasteiger partial charge < -0.3 is 19.7 Å². The van der Waals surface area contributed by atoms with Crippen LogP contribution >= 0.6 is 0 Å². The van der Waals surface area contributed by atoms with Gasteiger partial charge in [-0.05, 0) is 36.4 Å². The molecule has 1 aromatic heterocycles. The van der Waals surface area contributed by atoms with Crippen molar-refractivity contribution in [3.63, 3.8) is 0 Å². The summed E-state index contributed by atoms with van der Waals surface area (Å²) >= 11 is 0. The lowest BCUT2D eigenvalue weighted by Crippen LogP contribution is -2.41. The van der Waals surface area contributed by atoms with Crippen molar-refractivity contribution in [2.75, 3.05) is 26.3 Å². The van der Waals surface area contributed by atoms with Crippen LogP contribution in [0.3, 0.4) is 0 Å². The van der Waals surface area contributed by atoms with Crippen molar-refractivity contribution >= 4 is 16.8 Å². The molecule has 1 aromatic carbocycles. The summed E-state index contributed by atoms with van der Waals surface area (Å²) in [6.07, 6.45) is 3.70. The van der Waals surface area contributed by atoms with Gasteiger partial charge in [-0.15, -0.1) is 0 Å². The number of rotatable bonds is 4. The topological polar surface area (TPSA) is 65.6 Å². The smallest absolute Gasteiger partial charge is 0.253 e. The number of carbonyl (C=O) groups is 1. The second kappa shape index (κ2) is 6.28. The monoisotopic (exact) mass is 288 g/mol. The molecule has 5 nitrogen and oxygen atoms in total. The minimum absolute atomic E-state index is 0.0509. The zero-order chi connectivity index (χ0) is 14.7. The second-order valence-electron chi connectivity index (χ2n) is 5.37. The van der Waals surface area contributed by atoms with Gasteiger partial charge in [0.15, 0.2) is 0 Å². The highest BCUT2D eigenvalue weighted by atomic mass is 16.5. The van der Waals surface area contributed by atoms with Crippen LogP contribution in [0.4, 0.5) is 0 Å². The Hall–Kier alpha value is -1.85. The molecule has 1 saturated heterocycles. The van der Waals surface area contributed by atoms with Crippen molar-refractivity contribution in [2.45, 2.75) is 18.9 Å². The fourth-order valence-electron chi connectivity index (χ4n) is 2.81. The van der Waals surface area contributed by atoms with Crippen LogP contribution in [0, 0.1) is 0 Å². The molecule has 1 aliphatic heterocycles. The molecule has 112 valence electrons. The summed E-state index contributed by atoms with van der Waals surface area (Å²) < 4.78 is 5.52. The number of aliphatic hydroxyl groups is 1. The van der Waals surface area contributed by atoms with Crippen molar-refractivity contribution in [3.8, 4) is 0 Å². The van der Waals surface area contributed by atoms with Crippen molar-refractivity contribution in [2.24, 2.45) is 0 Å². The van der Waals surface area contributed by atoms with E-state index in [-0.39, 0.29) is 18.6 Å². The average Bonchev–Trinajstić information content (AvgIpc) is 3.00. The third-order valence-electron chi connectivity index (χ3n) is 3.98. The van der Waals surface area contributed by atoms with Crippen LogP contribution in [0.5, 0.6) is 0 Å². The summed E-state index contributed by atoms with van der Waals surface area (Å²) in [5, 5.41) is 9.88. The van der Waals surface area contributed by atoms with E-state index in [1.807, 2.05) is 35.4 Å². The van der Waals surface area contributed by atoms with Crippen LogP contribution in [0.15, 0.2) is 30.5 Å². The molecule has 2 aromatic rings. The number of fused-ring (bicyclic) bond motifs is 1. The van der Waals surface area contributed by atoms with Crippen molar-refractivity contribution < 1.29 is 14.6 Å². The Labute approximate surface area is 123 Å². The quantitative estimate of drug-likeness (QED) is 0.901. The fourth-order valence-corrected chi connectivity index (χ4v) is 2.81. The molecule has 3 rings (SSSR count). The van der Waals surface area contributed by atoms with Crippen molar-refractivity contribution in [1.82, 2.24) is 9.88 Å². The predicted molar refractivity (Wildman–Crippen MR) is 80.3 cm³/mol. The summed E-state index contributed by atoms with van der Waals surface area (Å²) in [6.45, 7) is 1.84. The molecule has 21 heavy (non-hydrogen) atoms. The molecule has 0 spiro atoms. The Balaban J connectivity index is 1.63. The van der Waals surface area contributed by atoms with Crippen LogP contribution in [0.1, 0.15) is 23.2 Å². The number of aromatic nitrogens is 1. The number of aromatic amines is 1. The number of piperidine rings is 1. The number of nitrogens with one attached hydrogen (secondary N) is 1. The maximum atomic E-state index is 12.5. The highest BCUT2D eigenvalue weighted by molar-refractivity contribution is 5.97. The standard InChI is InChI=1S/C16H20N2O3/c19-9-10-21-14-4-7-18(8-5-14)16(20)13-2-1-12-3-6-17-15(12)11-13/h1-3,6,11,14,17,19H,4-5,7-10H2. The van der Waals surface area contributed by atoms with Gasteiger partial charge >= 0.3 is 0 Å². The summed E-state index contributed by atoms with van der Waals surface area (Å²) in [5.41, 5.74) is 1.71. The Morgan fingerprint density at radius 1 is 1.33 bits per heavy atom. The van der Waals surface area contributed by atoms with Crippen molar-refractivity contribution in [3.05, 3.63) is 36.0 Å². The second-order valence-corrected chi connectivity index (χ2v) is 5.37. The van der Waals surface area contributed by atoms with E-state index in [0.717, 1.165) is 29.3 Å². The van der Waals surface area contributed by atoms with Crippen molar-refractivity contribution in [1.29, 1.82) is 0 Å². The molecule has 2 heterocycles. The number of hydrogen-bond donors (Lipinski definition) is 2. The number of aliphatic hydroxyl groups excluding tert-OH is 1. The molecule has 1 aliphatic rings. The largest absolute Gasteiger partial charge is 0.394 e. The van der Waals surface area contributed by atoms with Crippen LogP contribution in [-0.4, -0.2) is 53.3 Å². The molecule has 0 unspecified atom stereocenters. The van der Waals surface area contributed by atoms with Crippen LogP contribution in [0.25, 0.3) is 10.9 Å². The molecule has 1 fully saturated rings.